The molecule has 0 aliphatic carbocycles. The van der Waals surface area contributed by atoms with E-state index in [9.17, 15) is 19.9 Å². The van der Waals surface area contributed by atoms with E-state index >= 15 is 0 Å². The van der Waals surface area contributed by atoms with Crippen LogP contribution in [0.5, 0.6) is 5.75 Å². The number of aliphatic hydroxyl groups is 1. The van der Waals surface area contributed by atoms with Gasteiger partial charge >= 0.3 is 7.12 Å². The van der Waals surface area contributed by atoms with Crippen LogP contribution in [0.1, 0.15) is 55.5 Å². The Morgan fingerprint density at radius 2 is 1.78 bits per heavy atom. The molecule has 2 aliphatic heterocycles. The van der Waals surface area contributed by atoms with Crippen molar-refractivity contribution in [3.8, 4) is 5.75 Å². The standard InChI is InChI=1S/C32H40BClN6O5/c1-20-38-39-31-27(19-29(41)35-16-4-3-5-17-36-32(42)22-6-10-23(11-7-22)33(43)44)37-30(21-8-12-24(34)13-9-21)26-18-25(45-2)14-15-28(26)40(20)31/h6-15,18,20,27,31-32,36,38-39,42-44H,3-5,16-17,19H2,1-2H3,(H,35,41)/t20?,27-,31?,32?/m0/s1. The number of methoxy groups -OCH3 is 1. The molecule has 0 spiro atoms. The van der Waals surface area contributed by atoms with Crippen LogP contribution in [0, 0.1) is 0 Å². The fraction of sp³-hybridized carbons (Fsp3) is 0.375. The second kappa shape index (κ2) is 15.2. The Hall–Kier alpha value is -3.49. The van der Waals surface area contributed by atoms with Gasteiger partial charge in [0.15, 0.2) is 0 Å². The molecule has 3 aromatic rings. The van der Waals surface area contributed by atoms with E-state index in [1.807, 2.05) is 42.5 Å². The molecule has 13 heteroatoms. The Labute approximate surface area is 268 Å². The van der Waals surface area contributed by atoms with E-state index in [-0.39, 0.29) is 30.7 Å². The maximum atomic E-state index is 13.2. The van der Waals surface area contributed by atoms with Crippen LogP contribution in [0.25, 0.3) is 0 Å². The lowest BCUT2D eigenvalue weighted by Crippen LogP contribution is -2.47. The third-order valence-electron chi connectivity index (χ3n) is 8.13. The van der Waals surface area contributed by atoms with E-state index in [0.29, 0.717) is 29.1 Å². The van der Waals surface area contributed by atoms with Gasteiger partial charge in [-0.1, -0.05) is 54.4 Å². The first-order chi connectivity index (χ1) is 21.7. The van der Waals surface area contributed by atoms with E-state index in [1.165, 1.54) is 0 Å². The molecule has 4 atom stereocenters. The van der Waals surface area contributed by atoms with Gasteiger partial charge in [-0.05, 0) is 67.7 Å². The van der Waals surface area contributed by atoms with Gasteiger partial charge in [0.2, 0.25) is 5.91 Å². The van der Waals surface area contributed by atoms with Gasteiger partial charge in [-0.25, -0.2) is 10.9 Å². The van der Waals surface area contributed by atoms with Crippen LogP contribution in [-0.4, -0.2) is 72.5 Å². The molecule has 2 heterocycles. The summed E-state index contributed by atoms with van der Waals surface area (Å²) in [7, 11) is 0.106. The average molecular weight is 635 g/mol. The molecule has 1 amide bonds. The summed E-state index contributed by atoms with van der Waals surface area (Å²) in [6.07, 6.45) is 1.57. The molecule has 11 nitrogen and oxygen atoms in total. The summed E-state index contributed by atoms with van der Waals surface area (Å²) >= 11 is 6.20. The number of aliphatic hydroxyl groups excluding tert-OH is 1. The molecular formula is C32H40BClN6O5. The van der Waals surface area contributed by atoms with Gasteiger partial charge in [0.1, 0.15) is 18.1 Å². The lowest BCUT2D eigenvalue weighted by Gasteiger charge is -2.31. The number of ether oxygens (including phenoxy) is 1. The number of hydrazine groups is 1. The fourth-order valence-electron chi connectivity index (χ4n) is 5.71. The zero-order valence-corrected chi connectivity index (χ0v) is 26.2. The third kappa shape index (κ3) is 8.03. The van der Waals surface area contributed by atoms with E-state index in [1.54, 1.807) is 31.4 Å². The van der Waals surface area contributed by atoms with Crippen molar-refractivity contribution in [1.82, 2.24) is 21.5 Å². The normalized spacial score (nSPS) is 19.6. The van der Waals surface area contributed by atoms with Crippen LogP contribution in [-0.2, 0) is 4.79 Å². The van der Waals surface area contributed by atoms with Crippen molar-refractivity contribution in [2.75, 3.05) is 25.1 Å². The zero-order chi connectivity index (χ0) is 31.9. The number of carbonyl (C=O) groups excluding carboxylic acids is 1. The number of nitrogens with zero attached hydrogens (tertiary/aromatic N) is 2. The van der Waals surface area contributed by atoms with E-state index < -0.39 is 13.3 Å². The first-order valence-electron chi connectivity index (χ1n) is 15.2. The minimum atomic E-state index is -1.53. The fourth-order valence-corrected chi connectivity index (χ4v) is 5.83. The van der Waals surface area contributed by atoms with E-state index in [4.69, 9.17) is 21.3 Å². The van der Waals surface area contributed by atoms with Crippen molar-refractivity contribution >= 4 is 41.5 Å². The Morgan fingerprint density at radius 3 is 2.49 bits per heavy atom. The topological polar surface area (TPSA) is 151 Å². The number of halogens is 1. The Bertz CT molecular complexity index is 1480. The Morgan fingerprint density at radius 1 is 1.04 bits per heavy atom. The Kier molecular flexibility index (Phi) is 11.1. The van der Waals surface area contributed by atoms with Gasteiger partial charge in [0, 0.05) is 28.4 Å². The first-order valence-corrected chi connectivity index (χ1v) is 15.6. The Balaban J connectivity index is 1.18. The minimum Gasteiger partial charge on any atom is -0.497 e. The van der Waals surface area contributed by atoms with Crippen LogP contribution in [0.15, 0.2) is 71.7 Å². The summed E-state index contributed by atoms with van der Waals surface area (Å²) in [5.74, 6) is 0.645. The lowest BCUT2D eigenvalue weighted by atomic mass is 9.80. The van der Waals surface area contributed by atoms with Crippen molar-refractivity contribution in [3.05, 3.63) is 88.4 Å². The summed E-state index contributed by atoms with van der Waals surface area (Å²) in [5.41, 5.74) is 11.3. The number of benzene rings is 3. The van der Waals surface area contributed by atoms with Crippen molar-refractivity contribution in [3.63, 3.8) is 0 Å². The first kappa shape index (κ1) is 32.9. The molecule has 45 heavy (non-hydrogen) atoms. The molecular weight excluding hydrogens is 595 g/mol. The van der Waals surface area contributed by atoms with Crippen molar-refractivity contribution in [2.45, 2.75) is 57.2 Å². The number of amides is 1. The number of unbranched alkanes of at least 4 members (excludes halogenated alkanes) is 2. The largest absolute Gasteiger partial charge is 0.497 e. The highest BCUT2D eigenvalue weighted by Crippen LogP contribution is 2.36. The third-order valence-corrected chi connectivity index (χ3v) is 8.38. The lowest BCUT2D eigenvalue weighted by molar-refractivity contribution is -0.121. The quantitative estimate of drug-likeness (QED) is 0.0849. The SMILES string of the molecule is COc1ccc2c(c1)C(c1ccc(Cl)cc1)=N[C@@H](CC(=O)NCCCCCNC(O)c1ccc(B(O)O)cc1)C1NNC(C)N21. The van der Waals surface area contributed by atoms with Gasteiger partial charge in [0.05, 0.1) is 31.4 Å². The molecule has 3 unspecified atom stereocenters. The highest BCUT2D eigenvalue weighted by molar-refractivity contribution is 6.58. The van der Waals surface area contributed by atoms with Gasteiger partial charge in [-0.15, -0.1) is 0 Å². The number of aliphatic imine (C=N–C) groups is 1. The van der Waals surface area contributed by atoms with E-state index in [0.717, 1.165) is 47.5 Å². The number of hydrogen-bond donors (Lipinski definition) is 7. The number of carbonyl (C=O) groups is 1. The molecule has 5 rings (SSSR count). The van der Waals surface area contributed by atoms with Crippen LogP contribution < -0.4 is 36.6 Å². The molecule has 3 aromatic carbocycles. The minimum absolute atomic E-state index is 0.0348. The van der Waals surface area contributed by atoms with Gasteiger partial charge in [-0.2, -0.15) is 0 Å². The van der Waals surface area contributed by atoms with Crippen LogP contribution >= 0.6 is 11.6 Å². The zero-order valence-electron chi connectivity index (χ0n) is 25.4. The highest BCUT2D eigenvalue weighted by Gasteiger charge is 2.40. The number of fused-ring (bicyclic) bond motifs is 3. The summed E-state index contributed by atoms with van der Waals surface area (Å²) in [6.45, 7) is 3.21. The molecule has 0 saturated carbocycles. The number of anilines is 1. The molecule has 7 N–H and O–H groups in total. The smallest absolute Gasteiger partial charge is 0.488 e. The molecule has 238 valence electrons. The van der Waals surface area contributed by atoms with Crippen molar-refractivity contribution < 1.29 is 24.7 Å². The van der Waals surface area contributed by atoms with Crippen molar-refractivity contribution in [2.24, 2.45) is 4.99 Å². The molecule has 1 saturated heterocycles. The summed E-state index contributed by atoms with van der Waals surface area (Å²) in [5, 5.41) is 35.5. The predicted molar refractivity (Wildman–Crippen MR) is 177 cm³/mol. The summed E-state index contributed by atoms with van der Waals surface area (Å²) in [4.78, 5) is 20.6. The molecule has 0 aromatic heterocycles. The molecule has 2 aliphatic rings. The molecule has 0 bridgehead atoms. The highest BCUT2D eigenvalue weighted by atomic mass is 35.5. The monoisotopic (exact) mass is 634 g/mol. The number of nitrogens with one attached hydrogen (secondary N) is 4. The second-order valence-corrected chi connectivity index (χ2v) is 11.7. The summed E-state index contributed by atoms with van der Waals surface area (Å²) < 4.78 is 5.55. The maximum absolute atomic E-state index is 13.2. The molecule has 0 radical (unpaired) electrons. The molecule has 1 fully saturated rings. The van der Waals surface area contributed by atoms with Crippen molar-refractivity contribution in [1.29, 1.82) is 0 Å². The second-order valence-electron chi connectivity index (χ2n) is 11.3. The predicted octanol–water partition coefficient (Wildman–Crippen LogP) is 1.79. The average Bonchev–Trinajstić information content (AvgIpc) is 3.37. The summed E-state index contributed by atoms with van der Waals surface area (Å²) in [6, 6.07) is 19.6. The van der Waals surface area contributed by atoms with Gasteiger partial charge in [-0.3, -0.25) is 15.1 Å². The van der Waals surface area contributed by atoms with Gasteiger partial charge < -0.3 is 30.1 Å². The van der Waals surface area contributed by atoms with Gasteiger partial charge in [0.25, 0.3) is 0 Å². The van der Waals surface area contributed by atoms with Crippen LogP contribution in [0.3, 0.4) is 0 Å². The number of rotatable bonds is 13. The number of hydrogen-bond acceptors (Lipinski definition) is 10. The maximum Gasteiger partial charge on any atom is 0.488 e. The van der Waals surface area contributed by atoms with Crippen LogP contribution in [0.4, 0.5) is 5.69 Å². The van der Waals surface area contributed by atoms with E-state index in [2.05, 4.69) is 33.3 Å². The van der Waals surface area contributed by atoms with Crippen LogP contribution in [0.2, 0.25) is 5.02 Å².